The molecule has 0 atom stereocenters. The summed E-state index contributed by atoms with van der Waals surface area (Å²) in [4.78, 5) is 16.0. The third-order valence-electron chi connectivity index (χ3n) is 3.54. The van der Waals surface area contributed by atoms with Gasteiger partial charge in [-0.2, -0.15) is 8.78 Å². The van der Waals surface area contributed by atoms with Gasteiger partial charge < -0.3 is 14.8 Å². The Morgan fingerprint density at radius 3 is 2.11 bits per heavy atom. The zero-order valence-corrected chi connectivity index (χ0v) is 14.1. The van der Waals surface area contributed by atoms with Gasteiger partial charge in [0.1, 0.15) is 17.2 Å². The van der Waals surface area contributed by atoms with Crippen molar-refractivity contribution in [1.82, 2.24) is 4.98 Å². The number of hydrogen-bond acceptors (Lipinski definition) is 4. The molecule has 0 radical (unpaired) electrons. The molecule has 0 aliphatic rings. The normalized spacial score (nSPS) is 10.5. The number of halogens is 2. The molecular formula is C20H16F2N2O3. The fraction of sp³-hybridized carbons (Fsp3) is 0.100. The Balaban J connectivity index is 1.53. The van der Waals surface area contributed by atoms with Crippen molar-refractivity contribution in [2.24, 2.45) is 0 Å². The largest absolute Gasteiger partial charge is 0.457 e. The van der Waals surface area contributed by atoms with Crippen molar-refractivity contribution >= 4 is 11.6 Å². The van der Waals surface area contributed by atoms with Crippen molar-refractivity contribution in [3.05, 3.63) is 78.6 Å². The molecule has 0 unspecified atom stereocenters. The molecule has 0 fully saturated rings. The summed E-state index contributed by atoms with van der Waals surface area (Å²) in [7, 11) is 0. The van der Waals surface area contributed by atoms with Crippen LogP contribution in [-0.2, 0) is 11.2 Å². The molecule has 1 heterocycles. The minimum absolute atomic E-state index is 0.0546. The van der Waals surface area contributed by atoms with Crippen LogP contribution < -0.4 is 14.8 Å². The van der Waals surface area contributed by atoms with Gasteiger partial charge in [0.2, 0.25) is 5.91 Å². The Hall–Kier alpha value is -3.48. The van der Waals surface area contributed by atoms with Crippen LogP contribution in [0.3, 0.4) is 0 Å². The lowest BCUT2D eigenvalue weighted by molar-refractivity contribution is -0.115. The van der Waals surface area contributed by atoms with Crippen LogP contribution >= 0.6 is 0 Å². The number of alkyl halides is 2. The van der Waals surface area contributed by atoms with E-state index in [1.54, 1.807) is 60.9 Å². The van der Waals surface area contributed by atoms with Gasteiger partial charge in [-0.15, -0.1) is 0 Å². The van der Waals surface area contributed by atoms with Crippen LogP contribution in [0.1, 0.15) is 5.56 Å². The third-order valence-corrected chi connectivity index (χ3v) is 3.54. The zero-order valence-electron chi connectivity index (χ0n) is 14.1. The number of anilines is 1. The van der Waals surface area contributed by atoms with Crippen LogP contribution in [-0.4, -0.2) is 17.5 Å². The minimum Gasteiger partial charge on any atom is -0.457 e. The molecule has 1 amide bonds. The maximum atomic E-state index is 12.1. The first-order valence-corrected chi connectivity index (χ1v) is 8.10. The smallest absolute Gasteiger partial charge is 0.387 e. The fourth-order valence-electron chi connectivity index (χ4n) is 2.33. The first kappa shape index (κ1) is 18.3. The van der Waals surface area contributed by atoms with Crippen molar-refractivity contribution in [2.75, 3.05) is 5.32 Å². The summed E-state index contributed by atoms with van der Waals surface area (Å²) in [6, 6.07) is 16.4. The van der Waals surface area contributed by atoms with Crippen molar-refractivity contribution < 1.29 is 23.0 Å². The van der Waals surface area contributed by atoms with Crippen LogP contribution in [0.15, 0.2) is 73.1 Å². The Kier molecular flexibility index (Phi) is 5.94. The first-order valence-electron chi connectivity index (χ1n) is 8.10. The van der Waals surface area contributed by atoms with E-state index >= 15 is 0 Å². The Labute approximate surface area is 154 Å². The van der Waals surface area contributed by atoms with E-state index in [1.165, 1.54) is 12.1 Å². The van der Waals surface area contributed by atoms with Crippen LogP contribution in [0.2, 0.25) is 0 Å². The molecule has 27 heavy (non-hydrogen) atoms. The zero-order chi connectivity index (χ0) is 19.1. The van der Waals surface area contributed by atoms with E-state index in [1.807, 2.05) is 0 Å². The van der Waals surface area contributed by atoms with Gasteiger partial charge in [0.05, 0.1) is 6.42 Å². The highest BCUT2D eigenvalue weighted by Crippen LogP contribution is 2.22. The van der Waals surface area contributed by atoms with Crippen molar-refractivity contribution in [3.63, 3.8) is 0 Å². The molecule has 0 saturated carbocycles. The number of carbonyl (C=O) groups is 1. The van der Waals surface area contributed by atoms with E-state index in [0.29, 0.717) is 22.7 Å². The molecule has 0 spiro atoms. The van der Waals surface area contributed by atoms with E-state index in [9.17, 15) is 13.6 Å². The van der Waals surface area contributed by atoms with Crippen LogP contribution in [0.5, 0.6) is 17.2 Å². The van der Waals surface area contributed by atoms with Gasteiger partial charge >= 0.3 is 6.61 Å². The molecule has 5 nitrogen and oxygen atoms in total. The van der Waals surface area contributed by atoms with Gasteiger partial charge in [-0.25, -0.2) is 0 Å². The third kappa shape index (κ3) is 5.78. The van der Waals surface area contributed by atoms with E-state index in [0.717, 1.165) is 0 Å². The summed E-state index contributed by atoms with van der Waals surface area (Å²) < 4.78 is 34.2. The maximum absolute atomic E-state index is 12.1. The molecule has 0 saturated heterocycles. The number of rotatable bonds is 7. The van der Waals surface area contributed by atoms with Gasteiger partial charge in [-0.1, -0.05) is 12.1 Å². The van der Waals surface area contributed by atoms with E-state index in [4.69, 9.17) is 4.74 Å². The minimum atomic E-state index is -2.87. The van der Waals surface area contributed by atoms with Crippen LogP contribution in [0.4, 0.5) is 14.5 Å². The fourth-order valence-corrected chi connectivity index (χ4v) is 2.33. The van der Waals surface area contributed by atoms with Crippen LogP contribution in [0.25, 0.3) is 0 Å². The number of pyridine rings is 1. The highest BCUT2D eigenvalue weighted by molar-refractivity contribution is 5.92. The monoisotopic (exact) mass is 370 g/mol. The first-order chi connectivity index (χ1) is 13.1. The van der Waals surface area contributed by atoms with Crippen molar-refractivity contribution in [3.8, 4) is 17.2 Å². The number of nitrogens with zero attached hydrogens (tertiary/aromatic N) is 1. The van der Waals surface area contributed by atoms with Crippen LogP contribution in [0, 0.1) is 0 Å². The van der Waals surface area contributed by atoms with E-state index in [-0.39, 0.29) is 18.1 Å². The topological polar surface area (TPSA) is 60.5 Å². The average Bonchev–Trinajstić information content (AvgIpc) is 2.65. The lowest BCUT2D eigenvalue weighted by Crippen LogP contribution is -2.14. The molecule has 138 valence electrons. The van der Waals surface area contributed by atoms with Gasteiger partial charge in [-0.3, -0.25) is 9.78 Å². The number of benzene rings is 2. The molecule has 0 aliphatic heterocycles. The summed E-state index contributed by atoms with van der Waals surface area (Å²) in [5.41, 5.74) is 1.31. The Bertz CT molecular complexity index is 870. The van der Waals surface area contributed by atoms with E-state index < -0.39 is 6.61 Å². The van der Waals surface area contributed by atoms with Crippen molar-refractivity contribution in [2.45, 2.75) is 13.0 Å². The standard InChI is InChI=1S/C20H16F2N2O3/c21-20(22)27-17-5-1-14(2-6-17)13-19(25)24-15-3-7-16(8-4-15)26-18-9-11-23-12-10-18/h1-12,20H,13H2,(H,24,25). The van der Waals surface area contributed by atoms with Crippen molar-refractivity contribution in [1.29, 1.82) is 0 Å². The predicted molar refractivity (Wildman–Crippen MR) is 96.2 cm³/mol. The SMILES string of the molecule is O=C(Cc1ccc(OC(F)F)cc1)Nc1ccc(Oc2ccncc2)cc1. The molecule has 0 bridgehead atoms. The molecular weight excluding hydrogens is 354 g/mol. The van der Waals surface area contributed by atoms with Gasteiger partial charge in [0.25, 0.3) is 0 Å². The summed E-state index contributed by atoms with van der Waals surface area (Å²) in [5.74, 6) is 1.13. The second-order valence-corrected chi connectivity index (χ2v) is 5.56. The van der Waals surface area contributed by atoms with Gasteiger partial charge in [-0.05, 0) is 54.1 Å². The summed E-state index contributed by atoms with van der Waals surface area (Å²) >= 11 is 0. The lowest BCUT2D eigenvalue weighted by atomic mass is 10.1. The molecule has 3 aromatic rings. The molecule has 1 aromatic heterocycles. The number of carbonyl (C=O) groups excluding carboxylic acids is 1. The van der Waals surface area contributed by atoms with E-state index in [2.05, 4.69) is 15.0 Å². The molecule has 3 rings (SSSR count). The predicted octanol–water partition coefficient (Wildman–Crippen LogP) is 4.66. The highest BCUT2D eigenvalue weighted by Gasteiger charge is 2.07. The second kappa shape index (κ2) is 8.75. The summed E-state index contributed by atoms with van der Waals surface area (Å²) in [6.45, 7) is -2.87. The Morgan fingerprint density at radius 1 is 0.889 bits per heavy atom. The maximum Gasteiger partial charge on any atom is 0.387 e. The number of amides is 1. The summed E-state index contributed by atoms with van der Waals surface area (Å²) in [5, 5.41) is 2.77. The molecule has 7 heteroatoms. The average molecular weight is 370 g/mol. The van der Waals surface area contributed by atoms with Gasteiger partial charge in [0, 0.05) is 18.1 Å². The quantitative estimate of drug-likeness (QED) is 0.657. The number of hydrogen-bond donors (Lipinski definition) is 1. The second-order valence-electron chi connectivity index (χ2n) is 5.56. The number of ether oxygens (including phenoxy) is 2. The highest BCUT2D eigenvalue weighted by atomic mass is 19.3. The molecule has 1 N–H and O–H groups in total. The lowest BCUT2D eigenvalue weighted by Gasteiger charge is -2.09. The summed E-state index contributed by atoms with van der Waals surface area (Å²) in [6.07, 6.45) is 3.39. The van der Waals surface area contributed by atoms with Gasteiger partial charge in [0.15, 0.2) is 0 Å². The molecule has 2 aromatic carbocycles. The Morgan fingerprint density at radius 2 is 1.48 bits per heavy atom. The number of nitrogens with one attached hydrogen (secondary N) is 1. The molecule has 0 aliphatic carbocycles. The number of aromatic nitrogens is 1.